The highest BCUT2D eigenvalue weighted by atomic mass is 16.1. The Morgan fingerprint density at radius 1 is 1.21 bits per heavy atom. The van der Waals surface area contributed by atoms with Gasteiger partial charge in [-0.25, -0.2) is 0 Å². The number of carbonyl (C=O) groups is 2. The molecule has 3 atom stereocenters. The second-order valence-corrected chi connectivity index (χ2v) is 5.22. The maximum absolute atomic E-state index is 11.8. The SMILES string of the molecule is CC1CCC(=O)C2CCC(=O)CC12C. The van der Waals surface area contributed by atoms with Gasteiger partial charge in [0.2, 0.25) is 0 Å². The molecule has 3 unspecified atom stereocenters. The molecule has 0 bridgehead atoms. The van der Waals surface area contributed by atoms with Crippen molar-refractivity contribution in [2.45, 2.75) is 46.0 Å². The molecule has 14 heavy (non-hydrogen) atoms. The summed E-state index contributed by atoms with van der Waals surface area (Å²) in [6.45, 7) is 4.33. The third kappa shape index (κ3) is 1.32. The van der Waals surface area contributed by atoms with E-state index in [0.29, 0.717) is 30.3 Å². The van der Waals surface area contributed by atoms with E-state index in [2.05, 4.69) is 13.8 Å². The maximum Gasteiger partial charge on any atom is 0.136 e. The van der Waals surface area contributed by atoms with Gasteiger partial charge in [-0.1, -0.05) is 13.8 Å². The summed E-state index contributed by atoms with van der Waals surface area (Å²) in [5.41, 5.74) is -0.0231. The van der Waals surface area contributed by atoms with Crippen molar-refractivity contribution in [3.8, 4) is 0 Å². The molecule has 0 N–H and O–H groups in total. The monoisotopic (exact) mass is 194 g/mol. The number of rotatable bonds is 0. The van der Waals surface area contributed by atoms with Crippen molar-refractivity contribution in [2.75, 3.05) is 0 Å². The van der Waals surface area contributed by atoms with Gasteiger partial charge in [0, 0.05) is 25.2 Å². The number of hydrogen-bond donors (Lipinski definition) is 0. The topological polar surface area (TPSA) is 34.1 Å². The van der Waals surface area contributed by atoms with Crippen LogP contribution in [0.1, 0.15) is 46.0 Å². The van der Waals surface area contributed by atoms with Crippen LogP contribution in [0, 0.1) is 17.3 Å². The van der Waals surface area contributed by atoms with Crippen LogP contribution in [0.25, 0.3) is 0 Å². The molecule has 2 nitrogen and oxygen atoms in total. The van der Waals surface area contributed by atoms with Crippen molar-refractivity contribution in [3.05, 3.63) is 0 Å². The molecule has 2 saturated carbocycles. The van der Waals surface area contributed by atoms with Gasteiger partial charge in [-0.15, -0.1) is 0 Å². The summed E-state index contributed by atoms with van der Waals surface area (Å²) < 4.78 is 0. The molecule has 0 spiro atoms. The van der Waals surface area contributed by atoms with Crippen molar-refractivity contribution >= 4 is 11.6 Å². The first-order valence-electron chi connectivity index (χ1n) is 5.58. The lowest BCUT2D eigenvalue weighted by atomic mass is 9.55. The molecule has 0 aromatic rings. The maximum atomic E-state index is 11.8. The number of Topliss-reactive ketones (excluding diaryl/α,β-unsaturated/α-hetero) is 2. The van der Waals surface area contributed by atoms with Crippen molar-refractivity contribution in [2.24, 2.45) is 17.3 Å². The van der Waals surface area contributed by atoms with Crippen LogP contribution < -0.4 is 0 Å². The summed E-state index contributed by atoms with van der Waals surface area (Å²) >= 11 is 0. The summed E-state index contributed by atoms with van der Waals surface area (Å²) in [5.74, 6) is 1.45. The molecular weight excluding hydrogens is 176 g/mol. The standard InChI is InChI=1S/C12H18O2/c1-8-3-6-11(14)10-5-4-9(13)7-12(8,10)2/h8,10H,3-7H2,1-2H3. The minimum Gasteiger partial charge on any atom is -0.300 e. The van der Waals surface area contributed by atoms with Crippen LogP contribution >= 0.6 is 0 Å². The normalized spacial score (nSPS) is 43.6. The van der Waals surface area contributed by atoms with Crippen LogP contribution in [0.3, 0.4) is 0 Å². The van der Waals surface area contributed by atoms with Gasteiger partial charge in [0.05, 0.1) is 0 Å². The fourth-order valence-electron chi connectivity index (χ4n) is 3.18. The Morgan fingerprint density at radius 3 is 2.64 bits per heavy atom. The van der Waals surface area contributed by atoms with E-state index in [4.69, 9.17) is 0 Å². The molecule has 78 valence electrons. The minimum atomic E-state index is -0.0231. The molecule has 2 heteroatoms. The second kappa shape index (κ2) is 3.18. The third-order valence-corrected chi connectivity index (χ3v) is 4.42. The molecule has 0 aromatic heterocycles. The molecule has 0 heterocycles. The average Bonchev–Trinajstić information content (AvgIpc) is 2.11. The van der Waals surface area contributed by atoms with Crippen LogP contribution in [-0.2, 0) is 9.59 Å². The highest BCUT2D eigenvalue weighted by molar-refractivity contribution is 5.88. The van der Waals surface area contributed by atoms with E-state index < -0.39 is 0 Å². The summed E-state index contributed by atoms with van der Waals surface area (Å²) in [5, 5.41) is 0. The highest BCUT2D eigenvalue weighted by Gasteiger charge is 2.49. The van der Waals surface area contributed by atoms with Gasteiger partial charge in [-0.3, -0.25) is 9.59 Å². The predicted molar refractivity (Wildman–Crippen MR) is 53.9 cm³/mol. The van der Waals surface area contributed by atoms with Crippen LogP contribution in [0.2, 0.25) is 0 Å². The van der Waals surface area contributed by atoms with Crippen LogP contribution in [0.15, 0.2) is 0 Å². The zero-order valence-corrected chi connectivity index (χ0v) is 9.01. The Morgan fingerprint density at radius 2 is 1.93 bits per heavy atom. The van der Waals surface area contributed by atoms with Gasteiger partial charge >= 0.3 is 0 Å². The van der Waals surface area contributed by atoms with Crippen molar-refractivity contribution in [1.82, 2.24) is 0 Å². The number of ketones is 2. The summed E-state index contributed by atoms with van der Waals surface area (Å²) in [7, 11) is 0. The van der Waals surface area contributed by atoms with E-state index in [0.717, 1.165) is 19.3 Å². The van der Waals surface area contributed by atoms with E-state index in [-0.39, 0.29) is 11.3 Å². The Kier molecular flexibility index (Phi) is 2.24. The minimum absolute atomic E-state index is 0.0231. The van der Waals surface area contributed by atoms with E-state index in [9.17, 15) is 9.59 Å². The summed E-state index contributed by atoms with van der Waals surface area (Å²) in [4.78, 5) is 23.2. The average molecular weight is 194 g/mol. The molecule has 2 aliphatic carbocycles. The molecule has 2 fully saturated rings. The first kappa shape index (κ1) is 9.88. The van der Waals surface area contributed by atoms with Crippen molar-refractivity contribution in [3.63, 3.8) is 0 Å². The first-order valence-corrected chi connectivity index (χ1v) is 5.58. The molecule has 0 aromatic carbocycles. The lowest BCUT2D eigenvalue weighted by Crippen LogP contribution is -2.47. The smallest absolute Gasteiger partial charge is 0.136 e. The Labute approximate surface area is 85.1 Å². The molecule has 0 radical (unpaired) electrons. The van der Waals surface area contributed by atoms with E-state index >= 15 is 0 Å². The van der Waals surface area contributed by atoms with Crippen molar-refractivity contribution < 1.29 is 9.59 Å². The zero-order chi connectivity index (χ0) is 10.3. The number of carbonyl (C=O) groups excluding carboxylic acids is 2. The predicted octanol–water partition coefficient (Wildman–Crippen LogP) is 2.36. The van der Waals surface area contributed by atoms with Crippen LogP contribution in [0.4, 0.5) is 0 Å². The van der Waals surface area contributed by atoms with Gasteiger partial charge in [0.15, 0.2) is 0 Å². The van der Waals surface area contributed by atoms with Crippen LogP contribution in [-0.4, -0.2) is 11.6 Å². The third-order valence-electron chi connectivity index (χ3n) is 4.42. The zero-order valence-electron chi connectivity index (χ0n) is 9.01. The summed E-state index contributed by atoms with van der Waals surface area (Å²) in [6.07, 6.45) is 3.76. The van der Waals surface area contributed by atoms with E-state index in [1.54, 1.807) is 0 Å². The van der Waals surface area contributed by atoms with E-state index in [1.807, 2.05) is 0 Å². The van der Waals surface area contributed by atoms with Crippen LogP contribution in [0.5, 0.6) is 0 Å². The summed E-state index contributed by atoms with van der Waals surface area (Å²) in [6, 6.07) is 0. The van der Waals surface area contributed by atoms with Gasteiger partial charge < -0.3 is 0 Å². The lowest BCUT2D eigenvalue weighted by molar-refractivity contribution is -0.141. The van der Waals surface area contributed by atoms with E-state index in [1.165, 1.54) is 0 Å². The number of hydrogen-bond acceptors (Lipinski definition) is 2. The first-order chi connectivity index (χ1) is 6.54. The highest BCUT2D eigenvalue weighted by Crippen LogP contribution is 2.50. The van der Waals surface area contributed by atoms with Gasteiger partial charge in [-0.05, 0) is 24.2 Å². The lowest BCUT2D eigenvalue weighted by Gasteiger charge is -2.47. The fourth-order valence-corrected chi connectivity index (χ4v) is 3.18. The largest absolute Gasteiger partial charge is 0.300 e. The number of fused-ring (bicyclic) bond motifs is 1. The Balaban J connectivity index is 2.29. The Hall–Kier alpha value is -0.660. The van der Waals surface area contributed by atoms with Gasteiger partial charge in [-0.2, -0.15) is 0 Å². The molecule has 0 aliphatic heterocycles. The molecular formula is C12H18O2. The molecule has 0 saturated heterocycles. The quantitative estimate of drug-likeness (QED) is 0.593. The second-order valence-electron chi connectivity index (χ2n) is 5.22. The van der Waals surface area contributed by atoms with Gasteiger partial charge in [0.1, 0.15) is 11.6 Å². The molecule has 0 amide bonds. The fraction of sp³-hybridized carbons (Fsp3) is 0.833. The van der Waals surface area contributed by atoms with Crippen molar-refractivity contribution in [1.29, 1.82) is 0 Å². The Bertz CT molecular complexity index is 282. The van der Waals surface area contributed by atoms with Gasteiger partial charge in [0.25, 0.3) is 0 Å². The molecule has 2 aliphatic rings. The molecule has 2 rings (SSSR count).